The number of aryl methyl sites for hydroxylation is 4. The molecule has 2 aliphatic rings. The van der Waals surface area contributed by atoms with E-state index in [1.165, 1.54) is 16.8 Å². The summed E-state index contributed by atoms with van der Waals surface area (Å²) in [5.41, 5.74) is 6.99. The van der Waals surface area contributed by atoms with Crippen LogP contribution in [-0.4, -0.2) is 21.8 Å². The second kappa shape index (κ2) is 10.1. The monoisotopic (exact) mass is 468 g/mol. The number of nitrogens with one attached hydrogen (secondary N) is 1. The molecule has 2 aromatic carbocycles. The number of pyridine rings is 2. The molecule has 0 saturated carbocycles. The van der Waals surface area contributed by atoms with Gasteiger partial charge in [0.05, 0.1) is 5.69 Å². The van der Waals surface area contributed by atoms with Crippen molar-refractivity contribution < 1.29 is 4.79 Å². The maximum atomic E-state index is 12.2. The van der Waals surface area contributed by atoms with Gasteiger partial charge in [-0.1, -0.05) is 48.5 Å². The number of nitrogens with zero attached hydrogens (tertiary/aromatic N) is 3. The van der Waals surface area contributed by atoms with Gasteiger partial charge in [0, 0.05) is 18.1 Å². The molecule has 0 unspecified atom stereocenters. The van der Waals surface area contributed by atoms with Crippen LogP contribution in [-0.2, 0) is 30.5 Å². The number of fused-ring (bicyclic) bond motifs is 4. The minimum atomic E-state index is -0.143. The predicted octanol–water partition coefficient (Wildman–Crippen LogP) is 6.01. The molecule has 0 atom stereocenters. The van der Waals surface area contributed by atoms with Crippen LogP contribution in [0.15, 0.2) is 85.2 Å². The van der Waals surface area contributed by atoms with Crippen molar-refractivity contribution in [1.29, 1.82) is 0 Å². The van der Waals surface area contributed by atoms with Gasteiger partial charge in [0.25, 0.3) is 0 Å². The summed E-state index contributed by atoms with van der Waals surface area (Å²) < 4.78 is 0. The summed E-state index contributed by atoms with van der Waals surface area (Å²) in [6.07, 6.45) is 7.48. The molecular formula is C28H25ClN4O. The maximum absolute atomic E-state index is 12.2. The lowest BCUT2D eigenvalue weighted by molar-refractivity contribution is -0.115. The Morgan fingerprint density at radius 3 is 2.24 bits per heavy atom. The van der Waals surface area contributed by atoms with Gasteiger partial charge in [-0.05, 0) is 72.2 Å². The molecule has 34 heavy (non-hydrogen) atoms. The van der Waals surface area contributed by atoms with Gasteiger partial charge in [-0.3, -0.25) is 9.69 Å². The molecule has 0 fully saturated rings. The van der Waals surface area contributed by atoms with Crippen LogP contribution in [0.2, 0.25) is 0 Å². The van der Waals surface area contributed by atoms with Gasteiger partial charge in [-0.2, -0.15) is 0 Å². The molecule has 0 radical (unpaired) electrons. The number of carbonyl (C=O) groups excluding carboxylic acids is 1. The van der Waals surface area contributed by atoms with Crippen molar-refractivity contribution >= 4 is 40.5 Å². The smallest absolute Gasteiger partial charge is 0.247 e. The number of para-hydroxylation sites is 2. The molecule has 0 aliphatic carbocycles. The Morgan fingerprint density at radius 2 is 1.38 bits per heavy atom. The van der Waals surface area contributed by atoms with E-state index in [4.69, 9.17) is 11.6 Å². The fourth-order valence-corrected chi connectivity index (χ4v) is 4.59. The zero-order valence-corrected chi connectivity index (χ0v) is 19.5. The van der Waals surface area contributed by atoms with Crippen LogP contribution in [0, 0.1) is 0 Å². The van der Waals surface area contributed by atoms with Crippen molar-refractivity contribution in [2.24, 2.45) is 0 Å². The Labute approximate surface area is 204 Å². The van der Waals surface area contributed by atoms with Crippen molar-refractivity contribution in [1.82, 2.24) is 9.97 Å². The summed E-state index contributed by atoms with van der Waals surface area (Å²) in [4.78, 5) is 22.6. The molecular weight excluding hydrogens is 444 g/mol. The summed E-state index contributed by atoms with van der Waals surface area (Å²) in [5.74, 6) is 1.51. The minimum absolute atomic E-state index is 0.0512. The zero-order chi connectivity index (χ0) is 23.3. The molecule has 4 heterocycles. The second-order valence-electron chi connectivity index (χ2n) is 8.27. The van der Waals surface area contributed by atoms with E-state index < -0.39 is 0 Å². The average Bonchev–Trinajstić information content (AvgIpc) is 3.18. The number of anilines is 4. The topological polar surface area (TPSA) is 58.1 Å². The summed E-state index contributed by atoms with van der Waals surface area (Å²) in [5, 5.41) is 3.39. The molecule has 2 aromatic heterocycles. The van der Waals surface area contributed by atoms with Crippen molar-refractivity contribution in [3.63, 3.8) is 0 Å². The number of aromatic nitrogens is 2. The van der Waals surface area contributed by atoms with Crippen LogP contribution in [0.4, 0.5) is 23.0 Å². The number of benzene rings is 2. The Kier molecular flexibility index (Phi) is 6.54. The molecule has 6 rings (SSSR count). The molecule has 170 valence electrons. The lowest BCUT2D eigenvalue weighted by Crippen LogP contribution is -2.28. The normalized spacial score (nSPS) is 13.4. The van der Waals surface area contributed by atoms with E-state index in [9.17, 15) is 4.79 Å². The standard InChI is InChI=1S/C15H13ClN2O.C13H12N2/c16-10-14(19)18-13-6-2-1-4-11(13)7-8-12-5-3-9-17-15(12)18;1-2-6-12-10(4-1)7-8-11-5-3-9-14-13(11)15-12/h1-6,9H,7-8,10H2;1-6,9H,7-8H2,(H,14,15). The van der Waals surface area contributed by atoms with Crippen LogP contribution in [0.5, 0.6) is 0 Å². The number of hydrogen-bond acceptors (Lipinski definition) is 4. The number of rotatable bonds is 1. The third-order valence-corrected chi connectivity index (χ3v) is 6.39. The van der Waals surface area contributed by atoms with Gasteiger partial charge in [-0.25, -0.2) is 9.97 Å². The molecule has 2 aliphatic heterocycles. The van der Waals surface area contributed by atoms with Crippen LogP contribution in [0.3, 0.4) is 0 Å². The summed E-state index contributed by atoms with van der Waals surface area (Å²) in [6, 6.07) is 24.4. The Balaban J connectivity index is 0.000000145. The fraction of sp³-hybridized carbons (Fsp3) is 0.179. The highest BCUT2D eigenvalue weighted by atomic mass is 35.5. The van der Waals surface area contributed by atoms with E-state index in [1.54, 1.807) is 11.1 Å². The van der Waals surface area contributed by atoms with Gasteiger partial charge >= 0.3 is 0 Å². The van der Waals surface area contributed by atoms with Crippen LogP contribution in [0.1, 0.15) is 22.3 Å². The third-order valence-electron chi connectivity index (χ3n) is 6.16. The number of carbonyl (C=O) groups is 1. The van der Waals surface area contributed by atoms with E-state index in [-0.39, 0.29) is 11.8 Å². The number of alkyl halides is 1. The Morgan fingerprint density at radius 1 is 0.765 bits per heavy atom. The predicted molar refractivity (Wildman–Crippen MR) is 137 cm³/mol. The van der Waals surface area contributed by atoms with Crippen molar-refractivity contribution in [3.8, 4) is 0 Å². The van der Waals surface area contributed by atoms with E-state index in [1.807, 2.05) is 42.6 Å². The lowest BCUT2D eigenvalue weighted by atomic mass is 10.1. The first-order chi connectivity index (χ1) is 16.7. The molecule has 1 amide bonds. The molecule has 0 bridgehead atoms. The number of amides is 1. The van der Waals surface area contributed by atoms with E-state index in [0.717, 1.165) is 48.3 Å². The van der Waals surface area contributed by atoms with Gasteiger partial charge < -0.3 is 5.32 Å². The van der Waals surface area contributed by atoms with E-state index in [2.05, 4.69) is 51.7 Å². The number of hydrogen-bond donors (Lipinski definition) is 1. The van der Waals surface area contributed by atoms with E-state index >= 15 is 0 Å². The summed E-state index contributed by atoms with van der Waals surface area (Å²) in [6.45, 7) is 0. The fourth-order valence-electron chi connectivity index (χ4n) is 4.47. The van der Waals surface area contributed by atoms with E-state index in [0.29, 0.717) is 5.82 Å². The van der Waals surface area contributed by atoms with Crippen LogP contribution in [0.25, 0.3) is 0 Å². The van der Waals surface area contributed by atoms with Gasteiger partial charge in [0.1, 0.15) is 17.5 Å². The van der Waals surface area contributed by atoms with Gasteiger partial charge in [-0.15, -0.1) is 11.6 Å². The molecule has 6 heteroatoms. The molecule has 0 saturated heterocycles. The molecule has 4 aromatic rings. The van der Waals surface area contributed by atoms with Crippen molar-refractivity contribution in [3.05, 3.63) is 107 Å². The van der Waals surface area contributed by atoms with Crippen molar-refractivity contribution in [2.45, 2.75) is 25.7 Å². The van der Waals surface area contributed by atoms with Gasteiger partial charge in [0.2, 0.25) is 5.91 Å². The first-order valence-corrected chi connectivity index (χ1v) is 12.0. The first-order valence-electron chi connectivity index (χ1n) is 11.4. The van der Waals surface area contributed by atoms with Gasteiger partial charge in [0.15, 0.2) is 0 Å². The average molecular weight is 469 g/mol. The summed E-state index contributed by atoms with van der Waals surface area (Å²) >= 11 is 5.75. The number of halogens is 1. The Bertz CT molecular complexity index is 1230. The Hall–Kier alpha value is -3.70. The highest BCUT2D eigenvalue weighted by Crippen LogP contribution is 2.34. The van der Waals surface area contributed by atoms with Crippen LogP contribution >= 0.6 is 11.6 Å². The highest BCUT2D eigenvalue weighted by molar-refractivity contribution is 6.30. The maximum Gasteiger partial charge on any atom is 0.247 e. The molecule has 0 spiro atoms. The second-order valence-corrected chi connectivity index (χ2v) is 8.54. The SMILES string of the molecule is O=C(CCl)N1c2ccccc2CCc2cccnc21.c1ccc2c(c1)CCc1cccnc1N2. The zero-order valence-electron chi connectivity index (χ0n) is 18.7. The first kappa shape index (κ1) is 22.1. The molecule has 1 N–H and O–H groups in total. The third kappa shape index (κ3) is 4.52. The lowest BCUT2D eigenvalue weighted by Gasteiger charge is -2.22. The highest BCUT2D eigenvalue weighted by Gasteiger charge is 2.25. The largest absolute Gasteiger partial charge is 0.340 e. The molecule has 5 nitrogen and oxygen atoms in total. The quantitative estimate of drug-likeness (QED) is 0.348. The minimum Gasteiger partial charge on any atom is -0.340 e. The van der Waals surface area contributed by atoms with Crippen molar-refractivity contribution in [2.75, 3.05) is 16.1 Å². The van der Waals surface area contributed by atoms with Crippen LogP contribution < -0.4 is 10.2 Å². The summed E-state index contributed by atoms with van der Waals surface area (Å²) in [7, 11) is 0.